The molecule has 8 heteroatoms. The van der Waals surface area contributed by atoms with Crippen molar-refractivity contribution in [3.63, 3.8) is 0 Å². The Labute approximate surface area is 115 Å². The molecule has 0 aliphatic rings. The van der Waals surface area contributed by atoms with Crippen LogP contribution in [-0.2, 0) is 13.1 Å². The smallest absolute Gasteiger partial charge is 0.330 e. The zero-order valence-electron chi connectivity index (χ0n) is 11.4. The highest BCUT2D eigenvalue weighted by atomic mass is 16.2. The first-order valence-corrected chi connectivity index (χ1v) is 6.33. The van der Waals surface area contributed by atoms with Crippen LogP contribution < -0.4 is 22.3 Å². The molecule has 0 spiro atoms. The van der Waals surface area contributed by atoms with Crippen molar-refractivity contribution in [3.05, 3.63) is 39.1 Å². The number of nitrogens with two attached hydrogens (primary N) is 1. The van der Waals surface area contributed by atoms with Gasteiger partial charge in [0, 0.05) is 18.9 Å². The standard InChI is InChI=1S/C12H18N6O2/c1-7(2)6-18-10(13)9(11(19)17-12(18)20)16-5-8-14-3-4-15-8/h3-4,7,16H,5-6,13H2,1-2H3,(H,14,15)(H,17,19,20). The van der Waals surface area contributed by atoms with E-state index in [0.29, 0.717) is 18.9 Å². The van der Waals surface area contributed by atoms with E-state index in [-0.39, 0.29) is 17.4 Å². The Balaban J connectivity index is 2.32. The second-order valence-corrected chi connectivity index (χ2v) is 4.91. The molecule has 2 aromatic rings. The van der Waals surface area contributed by atoms with Gasteiger partial charge in [-0.2, -0.15) is 0 Å². The van der Waals surface area contributed by atoms with E-state index in [1.807, 2.05) is 13.8 Å². The number of aromatic nitrogens is 4. The van der Waals surface area contributed by atoms with E-state index in [1.54, 1.807) is 12.4 Å². The van der Waals surface area contributed by atoms with Crippen molar-refractivity contribution in [2.75, 3.05) is 11.1 Å². The fourth-order valence-corrected chi connectivity index (χ4v) is 1.87. The Morgan fingerprint density at radius 2 is 2.20 bits per heavy atom. The zero-order valence-corrected chi connectivity index (χ0v) is 11.4. The summed E-state index contributed by atoms with van der Waals surface area (Å²) in [5, 5.41) is 2.90. The van der Waals surface area contributed by atoms with Gasteiger partial charge < -0.3 is 16.0 Å². The van der Waals surface area contributed by atoms with Crippen LogP contribution in [0.5, 0.6) is 0 Å². The number of rotatable bonds is 5. The Bertz CT molecular complexity index is 683. The topological polar surface area (TPSA) is 122 Å². The number of hydrogen-bond acceptors (Lipinski definition) is 5. The Hall–Kier alpha value is -2.51. The summed E-state index contributed by atoms with van der Waals surface area (Å²) >= 11 is 0. The molecule has 108 valence electrons. The number of H-pyrrole nitrogens is 2. The van der Waals surface area contributed by atoms with Gasteiger partial charge in [0.2, 0.25) is 0 Å². The van der Waals surface area contributed by atoms with Crippen LogP contribution in [0, 0.1) is 5.92 Å². The van der Waals surface area contributed by atoms with Gasteiger partial charge in [-0.15, -0.1) is 0 Å². The maximum atomic E-state index is 11.8. The normalized spacial score (nSPS) is 10.9. The van der Waals surface area contributed by atoms with Crippen molar-refractivity contribution in [2.45, 2.75) is 26.9 Å². The molecule has 0 atom stereocenters. The summed E-state index contributed by atoms with van der Waals surface area (Å²) in [5.41, 5.74) is 5.08. The number of hydrogen-bond donors (Lipinski definition) is 4. The van der Waals surface area contributed by atoms with Gasteiger partial charge in [-0.25, -0.2) is 9.78 Å². The summed E-state index contributed by atoms with van der Waals surface area (Å²) < 4.78 is 1.36. The van der Waals surface area contributed by atoms with Crippen LogP contribution in [0.1, 0.15) is 19.7 Å². The van der Waals surface area contributed by atoms with E-state index in [9.17, 15) is 9.59 Å². The van der Waals surface area contributed by atoms with Gasteiger partial charge in [0.25, 0.3) is 5.56 Å². The summed E-state index contributed by atoms with van der Waals surface area (Å²) in [6, 6.07) is 0. The van der Waals surface area contributed by atoms with Crippen LogP contribution in [0.4, 0.5) is 11.5 Å². The number of nitrogen functional groups attached to an aromatic ring is 1. The zero-order chi connectivity index (χ0) is 14.7. The Kier molecular flexibility index (Phi) is 3.92. The molecule has 2 aromatic heterocycles. The molecule has 0 unspecified atom stereocenters. The van der Waals surface area contributed by atoms with Gasteiger partial charge >= 0.3 is 5.69 Å². The van der Waals surface area contributed by atoms with Gasteiger partial charge in [0.15, 0.2) is 0 Å². The van der Waals surface area contributed by atoms with Crippen LogP contribution in [0.2, 0.25) is 0 Å². The van der Waals surface area contributed by atoms with Crippen molar-refractivity contribution in [1.29, 1.82) is 0 Å². The molecule has 0 aliphatic carbocycles. The maximum Gasteiger partial charge on any atom is 0.330 e. The van der Waals surface area contributed by atoms with E-state index < -0.39 is 11.2 Å². The number of aromatic amines is 2. The second kappa shape index (κ2) is 5.64. The number of imidazole rings is 1. The van der Waals surface area contributed by atoms with Gasteiger partial charge in [0.1, 0.15) is 17.3 Å². The minimum absolute atomic E-state index is 0.138. The monoisotopic (exact) mass is 278 g/mol. The molecule has 2 heterocycles. The van der Waals surface area contributed by atoms with Crippen LogP contribution in [0.3, 0.4) is 0 Å². The Morgan fingerprint density at radius 3 is 2.80 bits per heavy atom. The highest BCUT2D eigenvalue weighted by Crippen LogP contribution is 2.12. The molecule has 20 heavy (non-hydrogen) atoms. The van der Waals surface area contributed by atoms with Crippen molar-refractivity contribution in [3.8, 4) is 0 Å². The van der Waals surface area contributed by atoms with Crippen LogP contribution in [-0.4, -0.2) is 19.5 Å². The summed E-state index contributed by atoms with van der Waals surface area (Å²) in [7, 11) is 0. The summed E-state index contributed by atoms with van der Waals surface area (Å²) in [5.74, 6) is 1.04. The molecule has 0 bridgehead atoms. The summed E-state index contributed by atoms with van der Waals surface area (Å²) in [6.07, 6.45) is 3.30. The molecule has 0 fully saturated rings. The first-order chi connectivity index (χ1) is 9.49. The van der Waals surface area contributed by atoms with E-state index in [4.69, 9.17) is 5.73 Å². The van der Waals surface area contributed by atoms with Crippen molar-refractivity contribution >= 4 is 11.5 Å². The molecule has 0 saturated heterocycles. The molecular weight excluding hydrogens is 260 g/mol. The lowest BCUT2D eigenvalue weighted by molar-refractivity contribution is 0.508. The lowest BCUT2D eigenvalue weighted by Crippen LogP contribution is -2.35. The fraction of sp³-hybridized carbons (Fsp3) is 0.417. The molecule has 0 aliphatic heterocycles. The first kappa shape index (κ1) is 13.9. The molecule has 0 aromatic carbocycles. The third kappa shape index (κ3) is 2.90. The third-order valence-electron chi connectivity index (χ3n) is 2.77. The highest BCUT2D eigenvalue weighted by Gasteiger charge is 2.13. The van der Waals surface area contributed by atoms with E-state index >= 15 is 0 Å². The molecule has 2 rings (SSSR count). The number of nitrogens with zero attached hydrogens (tertiary/aromatic N) is 2. The largest absolute Gasteiger partial charge is 0.383 e. The predicted molar refractivity (Wildman–Crippen MR) is 76.5 cm³/mol. The lowest BCUT2D eigenvalue weighted by atomic mass is 10.2. The van der Waals surface area contributed by atoms with Gasteiger partial charge in [-0.1, -0.05) is 13.8 Å². The molecular formula is C12H18N6O2. The molecule has 5 N–H and O–H groups in total. The minimum atomic E-state index is -0.529. The number of nitrogens with one attached hydrogen (secondary N) is 3. The summed E-state index contributed by atoms with van der Waals surface area (Å²) in [6.45, 7) is 4.69. The summed E-state index contributed by atoms with van der Waals surface area (Å²) in [4.78, 5) is 32.8. The highest BCUT2D eigenvalue weighted by molar-refractivity contribution is 5.60. The van der Waals surface area contributed by atoms with Crippen molar-refractivity contribution in [2.24, 2.45) is 5.92 Å². The van der Waals surface area contributed by atoms with Crippen LogP contribution >= 0.6 is 0 Å². The predicted octanol–water partition coefficient (Wildman–Crippen LogP) is 0.110. The quantitative estimate of drug-likeness (QED) is 0.618. The molecule has 0 radical (unpaired) electrons. The van der Waals surface area contributed by atoms with E-state index in [1.165, 1.54) is 4.57 Å². The second-order valence-electron chi connectivity index (χ2n) is 4.91. The molecule has 0 amide bonds. The van der Waals surface area contributed by atoms with E-state index in [0.717, 1.165) is 0 Å². The maximum absolute atomic E-state index is 11.8. The molecule has 0 saturated carbocycles. The minimum Gasteiger partial charge on any atom is -0.383 e. The van der Waals surface area contributed by atoms with Gasteiger partial charge in [0.05, 0.1) is 6.54 Å². The Morgan fingerprint density at radius 1 is 1.45 bits per heavy atom. The van der Waals surface area contributed by atoms with Crippen molar-refractivity contribution < 1.29 is 0 Å². The lowest BCUT2D eigenvalue weighted by Gasteiger charge is -2.14. The third-order valence-corrected chi connectivity index (χ3v) is 2.77. The first-order valence-electron chi connectivity index (χ1n) is 6.33. The van der Waals surface area contributed by atoms with Gasteiger partial charge in [-0.3, -0.25) is 14.3 Å². The van der Waals surface area contributed by atoms with Crippen LogP contribution in [0.15, 0.2) is 22.0 Å². The van der Waals surface area contributed by atoms with Crippen molar-refractivity contribution in [1.82, 2.24) is 19.5 Å². The molecule has 8 nitrogen and oxygen atoms in total. The van der Waals surface area contributed by atoms with Crippen LogP contribution in [0.25, 0.3) is 0 Å². The average Bonchev–Trinajstić information content (AvgIpc) is 2.87. The SMILES string of the molecule is CC(C)Cn1c(N)c(NCc2ncc[nH]2)c(=O)[nH]c1=O. The average molecular weight is 278 g/mol. The number of anilines is 2. The fourth-order valence-electron chi connectivity index (χ4n) is 1.87. The van der Waals surface area contributed by atoms with Gasteiger partial charge in [-0.05, 0) is 5.92 Å². The van der Waals surface area contributed by atoms with E-state index in [2.05, 4.69) is 20.3 Å².